The van der Waals surface area contributed by atoms with Crippen LogP contribution in [0.4, 0.5) is 0 Å². The van der Waals surface area contributed by atoms with Crippen LogP contribution in [0.25, 0.3) is 0 Å². The van der Waals surface area contributed by atoms with Crippen molar-refractivity contribution in [2.75, 3.05) is 11.5 Å². The fraction of sp³-hybridized carbons (Fsp3) is 0.500. The molecule has 0 saturated carbocycles. The van der Waals surface area contributed by atoms with Crippen LogP contribution in [-0.2, 0) is 14.8 Å². The molecule has 5 nitrogen and oxygen atoms in total. The maximum atomic E-state index is 10.5. The third-order valence-electron chi connectivity index (χ3n) is 0.936. The summed E-state index contributed by atoms with van der Waals surface area (Å²) in [6.07, 6.45) is 0. The van der Waals surface area contributed by atoms with Crippen molar-refractivity contribution in [2.45, 2.75) is 0 Å². The molecule has 0 aromatic carbocycles. The molecule has 0 bridgehead atoms. The number of aliphatic imine (C=N–C) groups is 1. The minimum atomic E-state index is -3.53. The van der Waals surface area contributed by atoms with Gasteiger partial charge in [0, 0.05) is 0 Å². The zero-order valence-corrected chi connectivity index (χ0v) is 7.11. The average molecular weight is 194 g/mol. The first-order chi connectivity index (χ1) is 4.97. The van der Waals surface area contributed by atoms with Crippen LogP contribution < -0.4 is 5.14 Å². The van der Waals surface area contributed by atoms with Crippen LogP contribution in [0.15, 0.2) is 4.99 Å². The van der Waals surface area contributed by atoms with Gasteiger partial charge in [-0.05, 0) is 0 Å². The Morgan fingerprint density at radius 3 is 2.64 bits per heavy atom. The van der Waals surface area contributed by atoms with Crippen LogP contribution in [0.3, 0.4) is 0 Å². The molecule has 0 atom stereocenters. The number of nitrogens with zero attached hydrogens (tertiary/aromatic N) is 1. The van der Waals surface area contributed by atoms with Crippen LogP contribution in [0, 0.1) is 0 Å². The standard InChI is InChI=1S/C4H6N2O3S2/c5-11(8,9)2-4-6-3(7)1-10-4/h1-2H2,(H2,5,8,9). The maximum Gasteiger partial charge on any atom is 0.256 e. The molecule has 1 heterocycles. The van der Waals surface area contributed by atoms with Gasteiger partial charge in [-0.3, -0.25) is 4.79 Å². The molecule has 0 fully saturated rings. The molecule has 62 valence electrons. The Labute approximate surface area is 68.1 Å². The first-order valence-electron chi connectivity index (χ1n) is 2.71. The summed E-state index contributed by atoms with van der Waals surface area (Å²) in [4.78, 5) is 14.0. The first kappa shape index (κ1) is 8.69. The summed E-state index contributed by atoms with van der Waals surface area (Å²) in [5.74, 6) is -0.400. The molecule has 0 saturated heterocycles. The normalized spacial score (nSPS) is 18.6. The number of thioether (sulfide) groups is 1. The molecule has 1 aliphatic rings. The van der Waals surface area contributed by atoms with Gasteiger partial charge in [0.25, 0.3) is 5.91 Å². The summed E-state index contributed by atoms with van der Waals surface area (Å²) < 4.78 is 20.9. The van der Waals surface area contributed by atoms with E-state index >= 15 is 0 Å². The zero-order valence-electron chi connectivity index (χ0n) is 5.48. The quantitative estimate of drug-likeness (QED) is 0.607. The number of carbonyl (C=O) groups is 1. The van der Waals surface area contributed by atoms with Crippen molar-refractivity contribution in [3.63, 3.8) is 0 Å². The van der Waals surface area contributed by atoms with E-state index in [2.05, 4.69) is 4.99 Å². The first-order valence-corrected chi connectivity index (χ1v) is 5.41. The van der Waals surface area contributed by atoms with Gasteiger partial charge in [-0.1, -0.05) is 11.8 Å². The van der Waals surface area contributed by atoms with E-state index in [4.69, 9.17) is 5.14 Å². The number of sulfonamides is 1. The van der Waals surface area contributed by atoms with Crippen molar-refractivity contribution in [3.05, 3.63) is 0 Å². The van der Waals surface area contributed by atoms with Crippen molar-refractivity contribution >= 4 is 32.7 Å². The smallest absolute Gasteiger partial charge is 0.256 e. The van der Waals surface area contributed by atoms with Gasteiger partial charge >= 0.3 is 0 Å². The lowest BCUT2D eigenvalue weighted by Gasteiger charge is -1.93. The zero-order chi connectivity index (χ0) is 8.48. The third kappa shape index (κ3) is 3.00. The summed E-state index contributed by atoms with van der Waals surface area (Å²) in [5, 5.41) is 5.02. The minimum Gasteiger partial charge on any atom is -0.272 e. The Balaban J connectivity index is 2.66. The summed E-state index contributed by atoms with van der Waals surface area (Å²) in [7, 11) is -3.53. The van der Waals surface area contributed by atoms with Crippen LogP contribution in [-0.4, -0.2) is 30.9 Å². The summed E-state index contributed by atoms with van der Waals surface area (Å²) >= 11 is 1.12. The second-order valence-corrected chi connectivity index (χ2v) is 4.66. The highest BCUT2D eigenvalue weighted by Crippen LogP contribution is 2.13. The van der Waals surface area contributed by atoms with Gasteiger partial charge in [0.15, 0.2) is 0 Å². The Bertz CT molecular complexity index is 305. The van der Waals surface area contributed by atoms with E-state index in [9.17, 15) is 13.2 Å². The predicted octanol–water partition coefficient (Wildman–Crippen LogP) is -1.05. The highest BCUT2D eigenvalue weighted by Gasteiger charge is 2.18. The van der Waals surface area contributed by atoms with E-state index in [0.29, 0.717) is 0 Å². The Morgan fingerprint density at radius 1 is 1.64 bits per heavy atom. The van der Waals surface area contributed by atoms with E-state index in [-0.39, 0.29) is 22.5 Å². The van der Waals surface area contributed by atoms with Crippen molar-refractivity contribution in [1.82, 2.24) is 0 Å². The van der Waals surface area contributed by atoms with E-state index in [0.717, 1.165) is 11.8 Å². The van der Waals surface area contributed by atoms with Crippen molar-refractivity contribution in [2.24, 2.45) is 10.1 Å². The Hall–Kier alpha value is -0.400. The molecule has 1 aliphatic heterocycles. The summed E-state index contributed by atoms with van der Waals surface area (Å²) in [6.45, 7) is 0. The number of primary sulfonamides is 1. The van der Waals surface area contributed by atoms with Gasteiger partial charge in [0.1, 0.15) is 5.75 Å². The van der Waals surface area contributed by atoms with Crippen LogP contribution in [0.2, 0.25) is 0 Å². The maximum absolute atomic E-state index is 10.5. The summed E-state index contributed by atoms with van der Waals surface area (Å²) in [5.41, 5.74) is 0. The number of hydrogen-bond acceptors (Lipinski definition) is 4. The van der Waals surface area contributed by atoms with Crippen LogP contribution >= 0.6 is 11.8 Å². The van der Waals surface area contributed by atoms with Crippen molar-refractivity contribution in [3.8, 4) is 0 Å². The van der Waals surface area contributed by atoms with E-state index in [1.807, 2.05) is 0 Å². The summed E-state index contributed by atoms with van der Waals surface area (Å²) in [6, 6.07) is 0. The molecule has 1 amide bonds. The number of nitrogens with two attached hydrogens (primary N) is 1. The number of carbonyl (C=O) groups excluding carboxylic acids is 1. The van der Waals surface area contributed by atoms with E-state index in [1.54, 1.807) is 0 Å². The van der Waals surface area contributed by atoms with Crippen LogP contribution in [0.1, 0.15) is 0 Å². The van der Waals surface area contributed by atoms with Gasteiger partial charge in [0.05, 0.1) is 10.8 Å². The topological polar surface area (TPSA) is 89.6 Å². The second-order valence-electron chi connectivity index (χ2n) is 2.00. The molecule has 0 unspecified atom stereocenters. The number of amides is 1. The number of hydrogen-bond donors (Lipinski definition) is 1. The molecular weight excluding hydrogens is 188 g/mol. The largest absolute Gasteiger partial charge is 0.272 e. The Morgan fingerprint density at radius 2 is 2.27 bits per heavy atom. The van der Waals surface area contributed by atoms with E-state index < -0.39 is 10.0 Å². The van der Waals surface area contributed by atoms with Gasteiger partial charge in [-0.2, -0.15) is 0 Å². The predicted molar refractivity (Wildman–Crippen MR) is 42.9 cm³/mol. The monoisotopic (exact) mass is 194 g/mol. The van der Waals surface area contributed by atoms with E-state index in [1.165, 1.54) is 0 Å². The molecule has 0 radical (unpaired) electrons. The lowest BCUT2D eigenvalue weighted by molar-refractivity contribution is -0.115. The van der Waals surface area contributed by atoms with Gasteiger partial charge in [-0.25, -0.2) is 18.5 Å². The fourth-order valence-corrected chi connectivity index (χ4v) is 2.35. The average Bonchev–Trinajstić information content (AvgIpc) is 2.10. The van der Waals surface area contributed by atoms with Gasteiger partial charge in [-0.15, -0.1) is 0 Å². The van der Waals surface area contributed by atoms with Gasteiger partial charge in [0.2, 0.25) is 10.0 Å². The van der Waals surface area contributed by atoms with Gasteiger partial charge < -0.3 is 0 Å². The van der Waals surface area contributed by atoms with Crippen molar-refractivity contribution in [1.29, 1.82) is 0 Å². The SMILES string of the molecule is NS(=O)(=O)CC1=NC(=O)CS1. The molecule has 2 N–H and O–H groups in total. The molecule has 0 aromatic heterocycles. The van der Waals surface area contributed by atoms with Crippen LogP contribution in [0.5, 0.6) is 0 Å². The van der Waals surface area contributed by atoms with Crippen molar-refractivity contribution < 1.29 is 13.2 Å². The molecule has 0 aliphatic carbocycles. The fourth-order valence-electron chi connectivity index (χ4n) is 0.595. The Kier molecular flexibility index (Phi) is 2.31. The molecular formula is C4H6N2O3S2. The molecule has 7 heteroatoms. The highest BCUT2D eigenvalue weighted by atomic mass is 32.2. The highest BCUT2D eigenvalue weighted by molar-refractivity contribution is 8.16. The molecule has 1 rings (SSSR count). The molecule has 0 spiro atoms. The molecule has 11 heavy (non-hydrogen) atoms. The lowest BCUT2D eigenvalue weighted by atomic mass is 10.7. The second kappa shape index (κ2) is 2.92. The minimum absolute atomic E-state index is 0.227. The number of rotatable bonds is 2. The lowest BCUT2D eigenvalue weighted by Crippen LogP contribution is -2.20. The third-order valence-corrected chi connectivity index (χ3v) is 2.75. The molecule has 0 aromatic rings.